The predicted octanol–water partition coefficient (Wildman–Crippen LogP) is 3.81. The zero-order valence-corrected chi connectivity index (χ0v) is 10.2. The van der Waals surface area contributed by atoms with Crippen LogP contribution in [0.15, 0.2) is 18.2 Å². The molecule has 2 rings (SSSR count). The lowest BCUT2D eigenvalue weighted by molar-refractivity contribution is 0.288. The SMILES string of the molecule is CC(NCCC1CCC1)c1cc(F)cc(F)c1. The summed E-state index contributed by atoms with van der Waals surface area (Å²) in [4.78, 5) is 0. The topological polar surface area (TPSA) is 12.0 Å². The zero-order valence-electron chi connectivity index (χ0n) is 10.2. The van der Waals surface area contributed by atoms with Crippen LogP contribution in [0.3, 0.4) is 0 Å². The summed E-state index contributed by atoms with van der Waals surface area (Å²) in [6, 6.07) is 3.69. The molecule has 0 spiro atoms. The molecule has 0 bridgehead atoms. The average molecular weight is 239 g/mol. The van der Waals surface area contributed by atoms with Crippen LogP contribution in [0.2, 0.25) is 0 Å². The molecule has 17 heavy (non-hydrogen) atoms. The molecule has 94 valence electrons. The van der Waals surface area contributed by atoms with Gasteiger partial charge in [0.2, 0.25) is 0 Å². The molecule has 1 aliphatic rings. The van der Waals surface area contributed by atoms with Crippen molar-refractivity contribution in [1.29, 1.82) is 0 Å². The molecule has 1 unspecified atom stereocenters. The van der Waals surface area contributed by atoms with Gasteiger partial charge in [0.25, 0.3) is 0 Å². The van der Waals surface area contributed by atoms with Crippen LogP contribution in [0, 0.1) is 17.6 Å². The van der Waals surface area contributed by atoms with Crippen molar-refractivity contribution in [2.75, 3.05) is 6.54 Å². The lowest BCUT2D eigenvalue weighted by Crippen LogP contribution is -2.24. The van der Waals surface area contributed by atoms with E-state index in [1.165, 1.54) is 37.8 Å². The number of nitrogens with one attached hydrogen (secondary N) is 1. The number of rotatable bonds is 5. The quantitative estimate of drug-likeness (QED) is 0.824. The highest BCUT2D eigenvalue weighted by molar-refractivity contribution is 5.20. The third-order valence-corrected chi connectivity index (χ3v) is 3.61. The smallest absolute Gasteiger partial charge is 0.126 e. The van der Waals surface area contributed by atoms with Crippen molar-refractivity contribution in [1.82, 2.24) is 5.32 Å². The Hall–Kier alpha value is -0.960. The summed E-state index contributed by atoms with van der Waals surface area (Å²) in [6.45, 7) is 2.86. The fourth-order valence-corrected chi connectivity index (χ4v) is 2.23. The van der Waals surface area contributed by atoms with E-state index in [0.717, 1.165) is 18.5 Å². The van der Waals surface area contributed by atoms with Crippen LogP contribution in [0.25, 0.3) is 0 Å². The van der Waals surface area contributed by atoms with Gasteiger partial charge in [-0.3, -0.25) is 0 Å². The van der Waals surface area contributed by atoms with Crippen molar-refractivity contribution in [3.63, 3.8) is 0 Å². The van der Waals surface area contributed by atoms with Crippen LogP contribution in [0.1, 0.15) is 44.2 Å². The summed E-state index contributed by atoms with van der Waals surface area (Å²) in [5.41, 5.74) is 0.677. The Bertz CT molecular complexity index is 354. The molecule has 3 heteroatoms. The molecule has 1 N–H and O–H groups in total. The Kier molecular flexibility index (Phi) is 4.11. The first-order valence-electron chi connectivity index (χ1n) is 6.34. The third-order valence-electron chi connectivity index (χ3n) is 3.61. The van der Waals surface area contributed by atoms with Crippen molar-refractivity contribution in [3.8, 4) is 0 Å². The van der Waals surface area contributed by atoms with Crippen molar-refractivity contribution in [2.24, 2.45) is 5.92 Å². The predicted molar refractivity (Wildman–Crippen MR) is 64.7 cm³/mol. The van der Waals surface area contributed by atoms with Gasteiger partial charge in [-0.2, -0.15) is 0 Å². The molecular formula is C14H19F2N. The fraction of sp³-hybridized carbons (Fsp3) is 0.571. The third kappa shape index (κ3) is 3.50. The number of hydrogen-bond acceptors (Lipinski definition) is 1. The Morgan fingerprint density at radius 2 is 1.88 bits per heavy atom. The minimum atomic E-state index is -0.507. The van der Waals surface area contributed by atoms with Gasteiger partial charge in [0, 0.05) is 12.1 Å². The first kappa shape index (κ1) is 12.5. The van der Waals surface area contributed by atoms with E-state index >= 15 is 0 Å². The second-order valence-electron chi connectivity index (χ2n) is 4.96. The number of hydrogen-bond donors (Lipinski definition) is 1. The highest BCUT2D eigenvalue weighted by Crippen LogP contribution is 2.29. The Morgan fingerprint density at radius 1 is 1.24 bits per heavy atom. The number of halogens is 2. The summed E-state index contributed by atoms with van der Waals surface area (Å²) in [7, 11) is 0. The summed E-state index contributed by atoms with van der Waals surface area (Å²) in [5.74, 6) is -0.153. The van der Waals surface area contributed by atoms with E-state index in [-0.39, 0.29) is 6.04 Å². The molecular weight excluding hydrogens is 220 g/mol. The Balaban J connectivity index is 1.83. The van der Waals surface area contributed by atoms with Crippen molar-refractivity contribution in [3.05, 3.63) is 35.4 Å². The molecule has 1 aromatic carbocycles. The first-order chi connectivity index (χ1) is 8.15. The standard InChI is InChI=1S/C14H19F2N/c1-10(17-6-5-11-3-2-4-11)12-7-13(15)9-14(16)8-12/h7-11,17H,2-6H2,1H3. The largest absolute Gasteiger partial charge is 0.310 e. The number of benzene rings is 1. The van der Waals surface area contributed by atoms with Crippen molar-refractivity contribution >= 4 is 0 Å². The minimum Gasteiger partial charge on any atom is -0.310 e. The second-order valence-corrected chi connectivity index (χ2v) is 4.96. The maximum Gasteiger partial charge on any atom is 0.126 e. The van der Waals surface area contributed by atoms with Gasteiger partial charge in [-0.1, -0.05) is 19.3 Å². The van der Waals surface area contributed by atoms with Gasteiger partial charge in [0.1, 0.15) is 11.6 Å². The van der Waals surface area contributed by atoms with E-state index in [0.29, 0.717) is 5.56 Å². The van der Waals surface area contributed by atoms with Gasteiger partial charge >= 0.3 is 0 Å². The van der Waals surface area contributed by atoms with E-state index in [1.807, 2.05) is 6.92 Å². The maximum atomic E-state index is 13.0. The van der Waals surface area contributed by atoms with E-state index in [4.69, 9.17) is 0 Å². The molecule has 1 aliphatic carbocycles. The lowest BCUT2D eigenvalue weighted by Gasteiger charge is -2.26. The molecule has 0 heterocycles. The van der Waals surface area contributed by atoms with Crippen LogP contribution >= 0.6 is 0 Å². The van der Waals surface area contributed by atoms with Crippen molar-refractivity contribution < 1.29 is 8.78 Å². The molecule has 1 atom stereocenters. The van der Waals surface area contributed by atoms with Gasteiger partial charge < -0.3 is 5.32 Å². The minimum absolute atomic E-state index is 0.000256. The van der Waals surface area contributed by atoms with E-state index in [1.54, 1.807) is 0 Å². The highest BCUT2D eigenvalue weighted by Gasteiger charge is 2.17. The van der Waals surface area contributed by atoms with Gasteiger partial charge in [-0.25, -0.2) is 8.78 Å². The molecule has 0 radical (unpaired) electrons. The molecule has 1 fully saturated rings. The normalized spacial score (nSPS) is 17.8. The molecule has 0 saturated heterocycles. The summed E-state index contributed by atoms with van der Waals surface area (Å²) < 4.78 is 26.1. The van der Waals surface area contributed by atoms with Gasteiger partial charge in [0.05, 0.1) is 0 Å². The average Bonchev–Trinajstić information content (AvgIpc) is 2.20. The van der Waals surface area contributed by atoms with Crippen LogP contribution in [-0.2, 0) is 0 Å². The molecule has 1 saturated carbocycles. The van der Waals surface area contributed by atoms with Crippen LogP contribution in [-0.4, -0.2) is 6.54 Å². The second kappa shape index (κ2) is 5.58. The van der Waals surface area contributed by atoms with Crippen molar-refractivity contribution in [2.45, 2.75) is 38.6 Å². The maximum absolute atomic E-state index is 13.0. The van der Waals surface area contributed by atoms with E-state index in [2.05, 4.69) is 5.32 Å². The Morgan fingerprint density at radius 3 is 2.41 bits per heavy atom. The Labute approximate surface area is 101 Å². The van der Waals surface area contributed by atoms with Crippen LogP contribution in [0.5, 0.6) is 0 Å². The zero-order chi connectivity index (χ0) is 12.3. The summed E-state index contributed by atoms with van der Waals surface area (Å²) >= 11 is 0. The van der Waals surface area contributed by atoms with Crippen LogP contribution in [0.4, 0.5) is 8.78 Å². The molecule has 0 aliphatic heterocycles. The fourth-order valence-electron chi connectivity index (χ4n) is 2.23. The molecule has 0 aromatic heterocycles. The van der Waals surface area contributed by atoms with Gasteiger partial charge in [-0.05, 0) is 43.5 Å². The van der Waals surface area contributed by atoms with Gasteiger partial charge in [-0.15, -0.1) is 0 Å². The van der Waals surface area contributed by atoms with Gasteiger partial charge in [0.15, 0.2) is 0 Å². The van der Waals surface area contributed by atoms with E-state index < -0.39 is 11.6 Å². The first-order valence-corrected chi connectivity index (χ1v) is 6.34. The molecule has 0 amide bonds. The summed E-state index contributed by atoms with van der Waals surface area (Å²) in [5, 5.41) is 3.32. The monoisotopic (exact) mass is 239 g/mol. The lowest BCUT2D eigenvalue weighted by atomic mass is 9.83. The van der Waals surface area contributed by atoms with Crippen LogP contribution < -0.4 is 5.32 Å². The molecule has 1 aromatic rings. The highest BCUT2D eigenvalue weighted by atomic mass is 19.1. The summed E-state index contributed by atoms with van der Waals surface area (Å²) in [6.07, 6.45) is 5.20. The molecule has 1 nitrogen and oxygen atoms in total. The van der Waals surface area contributed by atoms with E-state index in [9.17, 15) is 8.78 Å².